The molecule has 0 aliphatic carbocycles. The predicted octanol–water partition coefficient (Wildman–Crippen LogP) is 4.12. The van der Waals surface area contributed by atoms with Crippen molar-refractivity contribution in [3.8, 4) is 11.1 Å². The first kappa shape index (κ1) is 19.1. The van der Waals surface area contributed by atoms with E-state index in [0.29, 0.717) is 41.6 Å². The number of carbonyl (C=O) groups excluding carboxylic acids is 1. The number of alkyl halides is 2. The number of benzene rings is 1. The lowest BCUT2D eigenvalue weighted by atomic mass is 10.0. The highest BCUT2D eigenvalue weighted by molar-refractivity contribution is 5.83. The Balaban J connectivity index is 1.59. The molecule has 29 heavy (non-hydrogen) atoms. The molecule has 0 spiro atoms. The summed E-state index contributed by atoms with van der Waals surface area (Å²) in [6.07, 6.45) is 1.96. The maximum Gasteiger partial charge on any atom is 0.266 e. The normalized spacial score (nSPS) is 14.9. The number of halogens is 4. The fourth-order valence-electron chi connectivity index (χ4n) is 3.30. The van der Waals surface area contributed by atoms with Crippen LogP contribution in [-0.4, -0.2) is 38.7 Å². The zero-order chi connectivity index (χ0) is 20.5. The van der Waals surface area contributed by atoms with E-state index in [1.54, 1.807) is 11.0 Å². The number of nitrogens with zero attached hydrogens (tertiary/aromatic N) is 4. The number of hydrogen-bond donors (Lipinski definition) is 0. The predicted molar refractivity (Wildman–Crippen MR) is 98.2 cm³/mol. The Kier molecular flexibility index (Phi) is 5.04. The van der Waals surface area contributed by atoms with Crippen LogP contribution in [0.4, 0.5) is 17.6 Å². The first-order valence-corrected chi connectivity index (χ1v) is 8.90. The third-order valence-corrected chi connectivity index (χ3v) is 4.95. The lowest BCUT2D eigenvalue weighted by Gasteiger charge is -2.37. The van der Waals surface area contributed by atoms with Crippen molar-refractivity contribution in [2.45, 2.75) is 13.0 Å². The molecule has 5 nitrogen and oxygen atoms in total. The number of fused-ring (bicyclic) bond motifs is 1. The molecule has 0 saturated carbocycles. The Hall–Kier alpha value is -3.23. The smallest absolute Gasteiger partial charge is 0.266 e. The van der Waals surface area contributed by atoms with Crippen LogP contribution in [0.5, 0.6) is 0 Å². The van der Waals surface area contributed by atoms with Crippen molar-refractivity contribution in [3.05, 3.63) is 60.4 Å². The fraction of sp³-hybridized carbons (Fsp3) is 0.250. The van der Waals surface area contributed by atoms with Crippen LogP contribution in [-0.2, 0) is 11.3 Å². The van der Waals surface area contributed by atoms with E-state index in [9.17, 15) is 22.4 Å². The van der Waals surface area contributed by atoms with Gasteiger partial charge in [0.1, 0.15) is 17.9 Å². The number of amides is 1. The van der Waals surface area contributed by atoms with Gasteiger partial charge in [0.05, 0.1) is 23.6 Å². The van der Waals surface area contributed by atoms with Gasteiger partial charge in [-0.05, 0) is 29.8 Å². The van der Waals surface area contributed by atoms with E-state index < -0.39 is 17.8 Å². The minimum Gasteiger partial charge on any atom is -0.340 e. The molecule has 150 valence electrons. The summed E-state index contributed by atoms with van der Waals surface area (Å²) < 4.78 is 53.2. The maximum absolute atomic E-state index is 13.6. The molecule has 0 radical (unpaired) electrons. The van der Waals surface area contributed by atoms with Crippen molar-refractivity contribution in [2.75, 3.05) is 13.1 Å². The minimum absolute atomic E-state index is 0.0214. The molecule has 4 rings (SSSR count). The van der Waals surface area contributed by atoms with Crippen LogP contribution >= 0.6 is 0 Å². The van der Waals surface area contributed by atoms with Gasteiger partial charge in [0.2, 0.25) is 5.91 Å². The van der Waals surface area contributed by atoms with Crippen molar-refractivity contribution in [3.63, 3.8) is 0 Å². The van der Waals surface area contributed by atoms with Gasteiger partial charge in [-0.15, -0.1) is 0 Å². The molecule has 1 aliphatic rings. The van der Waals surface area contributed by atoms with Gasteiger partial charge >= 0.3 is 0 Å². The first-order chi connectivity index (χ1) is 14.0. The summed E-state index contributed by atoms with van der Waals surface area (Å²) in [4.78, 5) is 18.3. The van der Waals surface area contributed by atoms with E-state index in [4.69, 9.17) is 0 Å². The molecule has 3 heterocycles. The standard InChI is InChI=1S/C20H16F4N4O/c21-4-3-12-9-27(10-12)19(29)11-28-18-6-14(7-25-17(18)8-26-28)13-1-2-16(22)15(5-13)20(23)24/h1-8,12,20H,9-11H2/b4-3-. The Morgan fingerprint density at radius 1 is 1.21 bits per heavy atom. The highest BCUT2D eigenvalue weighted by Crippen LogP contribution is 2.29. The summed E-state index contributed by atoms with van der Waals surface area (Å²) >= 11 is 0. The van der Waals surface area contributed by atoms with Crippen LogP contribution in [0.3, 0.4) is 0 Å². The van der Waals surface area contributed by atoms with Gasteiger partial charge in [-0.3, -0.25) is 14.5 Å². The van der Waals surface area contributed by atoms with Gasteiger partial charge < -0.3 is 4.90 Å². The fourth-order valence-corrected chi connectivity index (χ4v) is 3.30. The molecule has 0 unspecified atom stereocenters. The van der Waals surface area contributed by atoms with Gasteiger partial charge in [0, 0.05) is 30.8 Å². The Morgan fingerprint density at radius 3 is 2.72 bits per heavy atom. The second-order valence-electron chi connectivity index (χ2n) is 6.84. The number of carbonyl (C=O) groups is 1. The number of likely N-dealkylation sites (tertiary alicyclic amines) is 1. The van der Waals surface area contributed by atoms with E-state index >= 15 is 0 Å². The molecule has 2 aromatic heterocycles. The lowest BCUT2D eigenvalue weighted by molar-refractivity contribution is -0.137. The lowest BCUT2D eigenvalue weighted by Crippen LogP contribution is -2.50. The molecule has 1 fully saturated rings. The summed E-state index contributed by atoms with van der Waals surface area (Å²) in [7, 11) is 0. The molecule has 1 aromatic carbocycles. The topological polar surface area (TPSA) is 51.0 Å². The molecule has 1 amide bonds. The van der Waals surface area contributed by atoms with Crippen LogP contribution in [0.25, 0.3) is 22.2 Å². The number of rotatable bonds is 5. The molecule has 1 aliphatic heterocycles. The number of pyridine rings is 1. The molecule has 0 N–H and O–H groups in total. The maximum atomic E-state index is 13.6. The molecule has 1 saturated heterocycles. The second kappa shape index (κ2) is 7.65. The number of hydrogen-bond acceptors (Lipinski definition) is 3. The quantitative estimate of drug-likeness (QED) is 0.602. The van der Waals surface area contributed by atoms with Crippen LogP contribution in [0, 0.1) is 11.7 Å². The zero-order valence-corrected chi connectivity index (χ0v) is 15.1. The molecule has 3 aromatic rings. The van der Waals surface area contributed by atoms with Crippen LogP contribution in [0.2, 0.25) is 0 Å². The van der Waals surface area contributed by atoms with Crippen LogP contribution < -0.4 is 0 Å². The SMILES string of the molecule is O=C(Cn1ncc2ncc(-c3ccc(F)c(C(F)F)c3)cc21)N1CC(/C=C\F)C1. The highest BCUT2D eigenvalue weighted by atomic mass is 19.3. The van der Waals surface area contributed by atoms with Crippen LogP contribution in [0.1, 0.15) is 12.0 Å². The van der Waals surface area contributed by atoms with Crippen molar-refractivity contribution in [1.82, 2.24) is 19.7 Å². The van der Waals surface area contributed by atoms with Crippen LogP contribution in [0.15, 0.2) is 49.1 Å². The van der Waals surface area contributed by atoms with E-state index in [0.717, 1.165) is 12.1 Å². The van der Waals surface area contributed by atoms with E-state index in [1.165, 1.54) is 29.2 Å². The molecular formula is C20H16F4N4O. The third kappa shape index (κ3) is 3.72. The average Bonchev–Trinajstić information content (AvgIpc) is 3.06. The Bertz CT molecular complexity index is 1090. The summed E-state index contributed by atoms with van der Waals surface area (Å²) in [6, 6.07) is 5.16. The van der Waals surface area contributed by atoms with Gasteiger partial charge in [-0.1, -0.05) is 6.07 Å². The molecular weight excluding hydrogens is 388 g/mol. The molecule has 0 atom stereocenters. The van der Waals surface area contributed by atoms with Gasteiger partial charge in [-0.25, -0.2) is 17.6 Å². The monoisotopic (exact) mass is 404 g/mol. The highest BCUT2D eigenvalue weighted by Gasteiger charge is 2.29. The van der Waals surface area contributed by atoms with Gasteiger partial charge in [0.25, 0.3) is 6.43 Å². The molecule has 0 bridgehead atoms. The largest absolute Gasteiger partial charge is 0.340 e. The molecule has 9 heteroatoms. The van der Waals surface area contributed by atoms with Gasteiger partial charge in [0.15, 0.2) is 0 Å². The summed E-state index contributed by atoms with van der Waals surface area (Å²) in [6.45, 7) is 0.883. The van der Waals surface area contributed by atoms with E-state index in [2.05, 4.69) is 10.1 Å². The van der Waals surface area contributed by atoms with Crippen molar-refractivity contribution >= 4 is 16.9 Å². The second-order valence-corrected chi connectivity index (χ2v) is 6.84. The van der Waals surface area contributed by atoms with Gasteiger partial charge in [-0.2, -0.15) is 5.10 Å². The first-order valence-electron chi connectivity index (χ1n) is 8.90. The average molecular weight is 404 g/mol. The third-order valence-electron chi connectivity index (χ3n) is 4.95. The van der Waals surface area contributed by atoms with E-state index in [1.807, 2.05) is 0 Å². The van der Waals surface area contributed by atoms with Crippen molar-refractivity contribution in [1.29, 1.82) is 0 Å². The summed E-state index contributed by atoms with van der Waals surface area (Å²) in [5.41, 5.74) is 1.31. The summed E-state index contributed by atoms with van der Waals surface area (Å²) in [5, 5.41) is 4.18. The Morgan fingerprint density at radius 2 is 2.00 bits per heavy atom. The zero-order valence-electron chi connectivity index (χ0n) is 15.1. The number of aromatic nitrogens is 3. The Labute approximate surface area is 163 Å². The van der Waals surface area contributed by atoms with Crippen molar-refractivity contribution < 1.29 is 22.4 Å². The van der Waals surface area contributed by atoms with E-state index in [-0.39, 0.29) is 18.4 Å². The summed E-state index contributed by atoms with van der Waals surface area (Å²) in [5.74, 6) is -1.11. The van der Waals surface area contributed by atoms with Crippen molar-refractivity contribution in [2.24, 2.45) is 5.92 Å². The minimum atomic E-state index is -2.93.